The number of nitrogens with one attached hydrogen (secondary N) is 1. The van der Waals surface area contributed by atoms with Crippen molar-refractivity contribution in [2.24, 2.45) is 5.92 Å². The van der Waals surface area contributed by atoms with Crippen molar-refractivity contribution >= 4 is 33.2 Å². The van der Waals surface area contributed by atoms with E-state index in [0.29, 0.717) is 17.5 Å². The van der Waals surface area contributed by atoms with Crippen molar-refractivity contribution in [3.63, 3.8) is 0 Å². The van der Waals surface area contributed by atoms with Gasteiger partial charge in [-0.2, -0.15) is 0 Å². The van der Waals surface area contributed by atoms with E-state index in [4.69, 9.17) is 23.2 Å². The smallest absolute Gasteiger partial charge is 0.242 e. The van der Waals surface area contributed by atoms with Crippen molar-refractivity contribution in [3.05, 3.63) is 28.2 Å². The first kappa shape index (κ1) is 18.5. The molecule has 1 heterocycles. The Labute approximate surface area is 154 Å². The Kier molecular flexibility index (Phi) is 6.09. The van der Waals surface area contributed by atoms with E-state index in [9.17, 15) is 8.42 Å². The third-order valence-corrected chi connectivity index (χ3v) is 7.38. The zero-order valence-corrected chi connectivity index (χ0v) is 16.0. The monoisotopic (exact) mass is 390 g/mol. The van der Waals surface area contributed by atoms with Crippen LogP contribution in [0.3, 0.4) is 0 Å². The Bertz CT molecular complexity index is 667. The van der Waals surface area contributed by atoms with Crippen LogP contribution in [0, 0.1) is 5.92 Å². The number of sulfonamides is 1. The molecule has 7 heteroatoms. The van der Waals surface area contributed by atoms with Gasteiger partial charge in [-0.3, -0.25) is 0 Å². The highest BCUT2D eigenvalue weighted by molar-refractivity contribution is 7.89. The fourth-order valence-corrected chi connectivity index (χ4v) is 5.66. The average molecular weight is 391 g/mol. The summed E-state index contributed by atoms with van der Waals surface area (Å²) in [5.74, 6) is 0.385. The lowest BCUT2D eigenvalue weighted by Crippen LogP contribution is -2.42. The van der Waals surface area contributed by atoms with Gasteiger partial charge in [0.1, 0.15) is 4.90 Å². The van der Waals surface area contributed by atoms with E-state index in [1.807, 2.05) is 0 Å². The lowest BCUT2D eigenvalue weighted by Gasteiger charge is -2.36. The number of benzene rings is 1. The van der Waals surface area contributed by atoms with Gasteiger partial charge in [-0.15, -0.1) is 0 Å². The van der Waals surface area contributed by atoms with Crippen LogP contribution >= 0.6 is 23.2 Å². The second kappa shape index (κ2) is 7.92. The van der Waals surface area contributed by atoms with Gasteiger partial charge in [-0.1, -0.05) is 36.0 Å². The predicted molar refractivity (Wildman–Crippen MR) is 98.2 cm³/mol. The summed E-state index contributed by atoms with van der Waals surface area (Å²) < 4.78 is 27.6. The molecule has 1 aliphatic carbocycles. The fraction of sp³-hybridized carbons (Fsp3) is 0.647. The van der Waals surface area contributed by atoms with Gasteiger partial charge in [-0.05, 0) is 62.9 Å². The lowest BCUT2D eigenvalue weighted by atomic mass is 9.96. The summed E-state index contributed by atoms with van der Waals surface area (Å²) in [4.78, 5) is 2.64. The number of hydrogen-bond donors (Lipinski definition) is 1. The second-order valence-electron chi connectivity index (χ2n) is 6.84. The maximum Gasteiger partial charge on any atom is 0.242 e. The van der Waals surface area contributed by atoms with Gasteiger partial charge in [0.25, 0.3) is 0 Å². The molecule has 0 atom stereocenters. The Hall–Kier alpha value is -0.330. The van der Waals surface area contributed by atoms with Gasteiger partial charge in [0, 0.05) is 17.6 Å². The molecule has 4 nitrogen and oxygen atoms in total. The SMILES string of the molecule is O=S(=O)(NCC1CCN(C2CCCC2)CC1)c1cc(Cl)ccc1Cl. The van der Waals surface area contributed by atoms with Crippen LogP contribution < -0.4 is 4.72 Å². The number of likely N-dealkylation sites (tertiary alicyclic amines) is 1. The summed E-state index contributed by atoms with van der Waals surface area (Å²) in [6.07, 6.45) is 7.44. The quantitative estimate of drug-likeness (QED) is 0.828. The summed E-state index contributed by atoms with van der Waals surface area (Å²) in [5, 5.41) is 0.563. The van der Waals surface area contributed by atoms with Crippen molar-refractivity contribution in [1.29, 1.82) is 0 Å². The largest absolute Gasteiger partial charge is 0.300 e. The van der Waals surface area contributed by atoms with E-state index in [-0.39, 0.29) is 9.92 Å². The minimum Gasteiger partial charge on any atom is -0.300 e. The predicted octanol–water partition coefficient (Wildman–Crippen LogP) is 3.93. The van der Waals surface area contributed by atoms with Crippen LogP contribution in [0.25, 0.3) is 0 Å². The van der Waals surface area contributed by atoms with Crippen molar-refractivity contribution in [3.8, 4) is 0 Å². The molecular formula is C17H24Cl2N2O2S. The van der Waals surface area contributed by atoms with E-state index < -0.39 is 10.0 Å². The maximum atomic E-state index is 12.5. The van der Waals surface area contributed by atoms with Crippen LogP contribution in [0.2, 0.25) is 10.0 Å². The number of nitrogens with zero attached hydrogens (tertiary/aromatic N) is 1. The zero-order valence-electron chi connectivity index (χ0n) is 13.7. The van der Waals surface area contributed by atoms with Gasteiger partial charge in [0.15, 0.2) is 0 Å². The molecule has 1 saturated carbocycles. The van der Waals surface area contributed by atoms with Crippen molar-refractivity contribution in [1.82, 2.24) is 9.62 Å². The molecule has 0 spiro atoms. The van der Waals surface area contributed by atoms with Crippen molar-refractivity contribution in [2.45, 2.75) is 49.5 Å². The third kappa shape index (κ3) is 4.44. The van der Waals surface area contributed by atoms with Crippen LogP contribution in [0.1, 0.15) is 38.5 Å². The molecule has 0 amide bonds. The highest BCUT2D eigenvalue weighted by atomic mass is 35.5. The van der Waals surface area contributed by atoms with E-state index in [1.165, 1.54) is 37.8 Å². The second-order valence-corrected chi connectivity index (χ2v) is 9.42. The topological polar surface area (TPSA) is 49.4 Å². The van der Waals surface area contributed by atoms with Crippen LogP contribution in [-0.2, 0) is 10.0 Å². The molecule has 2 aliphatic rings. The Balaban J connectivity index is 1.53. The number of piperidine rings is 1. The van der Waals surface area contributed by atoms with Crippen LogP contribution in [-0.4, -0.2) is 39.0 Å². The van der Waals surface area contributed by atoms with Crippen LogP contribution in [0.5, 0.6) is 0 Å². The minimum atomic E-state index is -3.62. The van der Waals surface area contributed by atoms with E-state index >= 15 is 0 Å². The van der Waals surface area contributed by atoms with Gasteiger partial charge in [-0.25, -0.2) is 13.1 Å². The molecule has 1 aromatic carbocycles. The molecular weight excluding hydrogens is 367 g/mol. The summed E-state index contributed by atoms with van der Waals surface area (Å²) in [6, 6.07) is 5.25. The fourth-order valence-electron chi connectivity index (χ4n) is 3.78. The molecule has 24 heavy (non-hydrogen) atoms. The summed E-state index contributed by atoms with van der Waals surface area (Å²) in [7, 11) is -3.62. The number of halogens is 2. The first-order valence-corrected chi connectivity index (χ1v) is 10.9. The minimum absolute atomic E-state index is 0.0556. The molecule has 0 radical (unpaired) electrons. The normalized spacial score (nSPS) is 21.4. The Morgan fingerprint density at radius 2 is 1.75 bits per heavy atom. The van der Waals surface area contributed by atoms with E-state index in [2.05, 4.69) is 9.62 Å². The summed E-state index contributed by atoms with van der Waals surface area (Å²) in [5.41, 5.74) is 0. The zero-order chi connectivity index (χ0) is 17.2. The van der Waals surface area contributed by atoms with Crippen molar-refractivity contribution < 1.29 is 8.42 Å². The molecule has 0 aromatic heterocycles. The van der Waals surface area contributed by atoms with Crippen molar-refractivity contribution in [2.75, 3.05) is 19.6 Å². The molecule has 1 N–H and O–H groups in total. The molecule has 134 valence electrons. The highest BCUT2D eigenvalue weighted by Crippen LogP contribution is 2.28. The number of hydrogen-bond acceptors (Lipinski definition) is 3. The maximum absolute atomic E-state index is 12.5. The molecule has 0 unspecified atom stereocenters. The van der Waals surface area contributed by atoms with E-state index in [1.54, 1.807) is 6.07 Å². The van der Waals surface area contributed by atoms with Gasteiger partial charge in [0.05, 0.1) is 5.02 Å². The van der Waals surface area contributed by atoms with E-state index in [0.717, 1.165) is 32.0 Å². The average Bonchev–Trinajstić information content (AvgIpc) is 3.10. The molecule has 0 bridgehead atoms. The Morgan fingerprint density at radius 1 is 1.08 bits per heavy atom. The first-order valence-electron chi connectivity index (χ1n) is 8.64. The lowest BCUT2D eigenvalue weighted by molar-refractivity contribution is 0.135. The molecule has 1 aromatic rings. The summed E-state index contributed by atoms with van der Waals surface area (Å²) in [6.45, 7) is 2.62. The van der Waals surface area contributed by atoms with Gasteiger partial charge in [0.2, 0.25) is 10.0 Å². The standard InChI is InChI=1S/C17H24Cl2N2O2S/c18-14-5-6-16(19)17(11-14)24(22,23)20-12-13-7-9-21(10-8-13)15-3-1-2-4-15/h5-6,11,13,15,20H,1-4,7-10,12H2. The van der Waals surface area contributed by atoms with Crippen LogP contribution in [0.4, 0.5) is 0 Å². The van der Waals surface area contributed by atoms with Crippen LogP contribution in [0.15, 0.2) is 23.1 Å². The Morgan fingerprint density at radius 3 is 2.42 bits per heavy atom. The van der Waals surface area contributed by atoms with Gasteiger partial charge >= 0.3 is 0 Å². The summed E-state index contributed by atoms with van der Waals surface area (Å²) >= 11 is 11.9. The molecule has 1 saturated heterocycles. The highest BCUT2D eigenvalue weighted by Gasteiger charge is 2.28. The molecule has 3 rings (SSSR count). The third-order valence-electron chi connectivity index (χ3n) is 5.24. The first-order chi connectivity index (χ1) is 11.5. The van der Waals surface area contributed by atoms with Gasteiger partial charge < -0.3 is 4.90 Å². The number of rotatable bonds is 5. The molecule has 2 fully saturated rings. The molecule has 1 aliphatic heterocycles.